The molecule has 1 aromatic carbocycles. The summed E-state index contributed by atoms with van der Waals surface area (Å²) in [6, 6.07) is 4.56. The zero-order valence-electron chi connectivity index (χ0n) is 8.70. The normalized spacial score (nSPS) is 15.9. The van der Waals surface area contributed by atoms with Crippen LogP contribution in [0.15, 0.2) is 24.3 Å². The summed E-state index contributed by atoms with van der Waals surface area (Å²) in [5, 5.41) is 18.1. The number of rotatable bonds is 3. The molecule has 1 aromatic rings. The van der Waals surface area contributed by atoms with Crippen molar-refractivity contribution in [3.05, 3.63) is 35.4 Å². The van der Waals surface area contributed by atoms with E-state index in [1.807, 2.05) is 0 Å². The minimum absolute atomic E-state index is 0.396. The molecule has 16 heavy (non-hydrogen) atoms. The molecule has 90 valence electrons. The van der Waals surface area contributed by atoms with Gasteiger partial charge in [-0.3, -0.25) is 0 Å². The van der Waals surface area contributed by atoms with Crippen molar-refractivity contribution in [2.24, 2.45) is 0 Å². The van der Waals surface area contributed by atoms with Gasteiger partial charge in [-0.2, -0.15) is 13.2 Å². The standard InChI is InChI=1S/C11H13F3O2/c1-7(10(16)6-15)8-2-4-9(5-3-8)11(12,13)14/h2-5,7,10,15-16H,6H2,1H3/t7-,10?/m1/s1. The summed E-state index contributed by atoms with van der Waals surface area (Å²) in [5.41, 5.74) is -0.156. The molecule has 0 aliphatic carbocycles. The molecule has 0 bridgehead atoms. The Bertz CT molecular complexity index is 332. The van der Waals surface area contributed by atoms with Crippen LogP contribution in [0.25, 0.3) is 0 Å². The maximum atomic E-state index is 12.3. The summed E-state index contributed by atoms with van der Waals surface area (Å²) in [4.78, 5) is 0. The highest BCUT2D eigenvalue weighted by molar-refractivity contribution is 5.27. The molecule has 0 aliphatic heterocycles. The average Bonchev–Trinajstić information content (AvgIpc) is 2.26. The predicted molar refractivity (Wildman–Crippen MR) is 53.0 cm³/mol. The third kappa shape index (κ3) is 2.96. The fraction of sp³-hybridized carbons (Fsp3) is 0.455. The lowest BCUT2D eigenvalue weighted by molar-refractivity contribution is -0.137. The molecule has 0 aromatic heterocycles. The third-order valence-electron chi connectivity index (χ3n) is 2.53. The van der Waals surface area contributed by atoms with Crippen molar-refractivity contribution >= 4 is 0 Å². The van der Waals surface area contributed by atoms with Crippen molar-refractivity contribution in [3.8, 4) is 0 Å². The monoisotopic (exact) mass is 234 g/mol. The third-order valence-corrected chi connectivity index (χ3v) is 2.53. The van der Waals surface area contributed by atoms with E-state index in [4.69, 9.17) is 5.11 Å². The fourth-order valence-corrected chi connectivity index (χ4v) is 1.36. The maximum absolute atomic E-state index is 12.3. The van der Waals surface area contributed by atoms with Crippen LogP contribution < -0.4 is 0 Å². The number of aliphatic hydroxyl groups excluding tert-OH is 2. The molecule has 1 rings (SSSR count). The fourth-order valence-electron chi connectivity index (χ4n) is 1.36. The second kappa shape index (κ2) is 4.84. The van der Waals surface area contributed by atoms with Gasteiger partial charge in [0.1, 0.15) is 0 Å². The van der Waals surface area contributed by atoms with Gasteiger partial charge in [-0.15, -0.1) is 0 Å². The first kappa shape index (κ1) is 13.0. The van der Waals surface area contributed by atoms with E-state index in [9.17, 15) is 18.3 Å². The van der Waals surface area contributed by atoms with E-state index < -0.39 is 30.4 Å². The lowest BCUT2D eigenvalue weighted by Crippen LogP contribution is -2.20. The highest BCUT2D eigenvalue weighted by atomic mass is 19.4. The van der Waals surface area contributed by atoms with Crippen LogP contribution in [0, 0.1) is 0 Å². The van der Waals surface area contributed by atoms with Crippen molar-refractivity contribution in [2.45, 2.75) is 25.1 Å². The molecule has 0 saturated heterocycles. The van der Waals surface area contributed by atoms with Crippen molar-refractivity contribution in [1.29, 1.82) is 0 Å². The molecule has 2 N–H and O–H groups in total. The van der Waals surface area contributed by atoms with Crippen LogP contribution >= 0.6 is 0 Å². The van der Waals surface area contributed by atoms with Crippen molar-refractivity contribution in [2.75, 3.05) is 6.61 Å². The van der Waals surface area contributed by atoms with Gasteiger partial charge in [-0.25, -0.2) is 0 Å². The molecule has 2 nitrogen and oxygen atoms in total. The van der Waals surface area contributed by atoms with Gasteiger partial charge >= 0.3 is 6.18 Å². The molecule has 0 heterocycles. The Labute approximate surface area is 91.3 Å². The Morgan fingerprint density at radius 2 is 1.69 bits per heavy atom. The lowest BCUT2D eigenvalue weighted by Gasteiger charge is -2.17. The van der Waals surface area contributed by atoms with Gasteiger partial charge in [0.05, 0.1) is 18.3 Å². The van der Waals surface area contributed by atoms with E-state index in [0.717, 1.165) is 12.1 Å². The van der Waals surface area contributed by atoms with Gasteiger partial charge in [0.15, 0.2) is 0 Å². The Morgan fingerprint density at radius 1 is 1.19 bits per heavy atom. The maximum Gasteiger partial charge on any atom is 0.416 e. The number of halogens is 3. The van der Waals surface area contributed by atoms with E-state index in [0.29, 0.717) is 5.56 Å². The molecule has 0 fully saturated rings. The molecule has 5 heteroatoms. The number of hydrogen-bond acceptors (Lipinski definition) is 2. The summed E-state index contributed by atoms with van der Waals surface area (Å²) in [7, 11) is 0. The van der Waals surface area contributed by atoms with Gasteiger partial charge in [0.2, 0.25) is 0 Å². The summed E-state index contributed by atoms with van der Waals surface area (Å²) < 4.78 is 36.8. The van der Waals surface area contributed by atoms with Crippen LogP contribution in [-0.2, 0) is 6.18 Å². The van der Waals surface area contributed by atoms with Gasteiger partial charge in [-0.05, 0) is 17.7 Å². The summed E-state index contributed by atoms with van der Waals surface area (Å²) in [6.45, 7) is 1.23. The number of alkyl halides is 3. The molecule has 0 radical (unpaired) electrons. The number of hydrogen-bond donors (Lipinski definition) is 2. The van der Waals surface area contributed by atoms with Gasteiger partial charge in [-0.1, -0.05) is 19.1 Å². The van der Waals surface area contributed by atoms with Crippen LogP contribution in [0.2, 0.25) is 0 Å². The Morgan fingerprint density at radius 3 is 2.06 bits per heavy atom. The lowest BCUT2D eigenvalue weighted by atomic mass is 9.95. The van der Waals surface area contributed by atoms with Crippen LogP contribution in [-0.4, -0.2) is 22.9 Å². The van der Waals surface area contributed by atoms with Crippen LogP contribution in [0.3, 0.4) is 0 Å². The van der Waals surface area contributed by atoms with Crippen LogP contribution in [0.4, 0.5) is 13.2 Å². The first-order valence-corrected chi connectivity index (χ1v) is 4.82. The van der Waals surface area contributed by atoms with E-state index in [1.54, 1.807) is 6.92 Å². The van der Waals surface area contributed by atoms with Crippen molar-refractivity contribution < 1.29 is 23.4 Å². The minimum atomic E-state index is -4.35. The van der Waals surface area contributed by atoms with Crippen LogP contribution in [0.1, 0.15) is 24.0 Å². The zero-order chi connectivity index (χ0) is 12.3. The van der Waals surface area contributed by atoms with Gasteiger partial charge < -0.3 is 10.2 Å². The average molecular weight is 234 g/mol. The van der Waals surface area contributed by atoms with E-state index in [-0.39, 0.29) is 0 Å². The summed E-state index contributed by atoms with van der Waals surface area (Å²) >= 11 is 0. The Balaban J connectivity index is 2.87. The minimum Gasteiger partial charge on any atom is -0.394 e. The Kier molecular flexibility index (Phi) is 3.93. The molecule has 0 saturated carbocycles. The van der Waals surface area contributed by atoms with E-state index in [1.165, 1.54) is 12.1 Å². The zero-order valence-corrected chi connectivity index (χ0v) is 8.70. The summed E-state index contributed by atoms with van der Waals surface area (Å²) in [5.74, 6) is -0.396. The topological polar surface area (TPSA) is 40.5 Å². The second-order valence-electron chi connectivity index (χ2n) is 3.66. The molecule has 0 spiro atoms. The largest absolute Gasteiger partial charge is 0.416 e. The van der Waals surface area contributed by atoms with E-state index in [2.05, 4.69) is 0 Å². The highest BCUT2D eigenvalue weighted by Crippen LogP contribution is 2.30. The first-order valence-electron chi connectivity index (χ1n) is 4.82. The van der Waals surface area contributed by atoms with E-state index >= 15 is 0 Å². The molecule has 0 aliphatic rings. The highest BCUT2D eigenvalue weighted by Gasteiger charge is 2.30. The quantitative estimate of drug-likeness (QED) is 0.841. The molecule has 0 amide bonds. The number of benzene rings is 1. The molecule has 2 atom stereocenters. The SMILES string of the molecule is C[C@H](c1ccc(C(F)(F)F)cc1)C(O)CO. The van der Waals surface area contributed by atoms with Gasteiger partial charge in [0, 0.05) is 5.92 Å². The van der Waals surface area contributed by atoms with Crippen molar-refractivity contribution in [3.63, 3.8) is 0 Å². The molecular formula is C11H13F3O2. The van der Waals surface area contributed by atoms with Crippen LogP contribution in [0.5, 0.6) is 0 Å². The smallest absolute Gasteiger partial charge is 0.394 e. The first-order chi connectivity index (χ1) is 7.36. The Hall–Kier alpha value is -1.07. The molecular weight excluding hydrogens is 221 g/mol. The molecule has 1 unspecified atom stereocenters. The predicted octanol–water partition coefficient (Wildman–Crippen LogP) is 2.16. The van der Waals surface area contributed by atoms with Gasteiger partial charge in [0.25, 0.3) is 0 Å². The number of aliphatic hydroxyl groups is 2. The van der Waals surface area contributed by atoms with Crippen molar-refractivity contribution in [1.82, 2.24) is 0 Å². The summed E-state index contributed by atoms with van der Waals surface area (Å²) in [6.07, 6.45) is -5.31. The second-order valence-corrected chi connectivity index (χ2v) is 3.66.